The van der Waals surface area contributed by atoms with E-state index in [9.17, 15) is 0 Å². The molecular weight excluding hydrogens is 334 g/mol. The Bertz CT molecular complexity index is 610. The van der Waals surface area contributed by atoms with Crippen molar-refractivity contribution in [3.8, 4) is 0 Å². The fourth-order valence-corrected chi connectivity index (χ4v) is 3.67. The van der Waals surface area contributed by atoms with Crippen LogP contribution in [0.3, 0.4) is 0 Å². The number of aromatic nitrogens is 3. The molecule has 0 fully saturated rings. The fraction of sp³-hybridized carbons (Fsp3) is 0.167. The highest BCUT2D eigenvalue weighted by atomic mass is 79.9. The van der Waals surface area contributed by atoms with Gasteiger partial charge in [-0.05, 0) is 23.8 Å². The van der Waals surface area contributed by atoms with Gasteiger partial charge in [-0.3, -0.25) is 0 Å². The van der Waals surface area contributed by atoms with Crippen LogP contribution in [-0.4, -0.2) is 20.5 Å². The van der Waals surface area contributed by atoms with E-state index in [1.54, 1.807) is 22.8 Å². The summed E-state index contributed by atoms with van der Waals surface area (Å²) in [5.74, 6) is 0.896. The van der Waals surface area contributed by atoms with E-state index in [0.29, 0.717) is 6.54 Å². The van der Waals surface area contributed by atoms with Crippen molar-refractivity contribution in [2.75, 3.05) is 5.75 Å². The van der Waals surface area contributed by atoms with Gasteiger partial charge >= 0.3 is 0 Å². The molecule has 18 heavy (non-hydrogen) atoms. The maximum atomic E-state index is 6.49. The maximum Gasteiger partial charge on any atom is 0.137 e. The number of benzene rings is 1. The van der Waals surface area contributed by atoms with Crippen molar-refractivity contribution in [3.05, 3.63) is 46.5 Å². The monoisotopic (exact) mass is 341 g/mol. The number of fused-ring (bicyclic) bond motifs is 1. The SMILES string of the molecule is ClC1=C(Cn2cncn2)CSc2ccc(Br)cc21. The van der Waals surface area contributed by atoms with Gasteiger partial charge in [-0.1, -0.05) is 27.5 Å². The van der Waals surface area contributed by atoms with Crippen molar-refractivity contribution < 1.29 is 0 Å². The first-order valence-corrected chi connectivity index (χ1v) is 7.52. The smallest absolute Gasteiger partial charge is 0.137 e. The Kier molecular flexibility index (Phi) is 3.46. The molecule has 0 amide bonds. The largest absolute Gasteiger partial charge is 0.249 e. The summed E-state index contributed by atoms with van der Waals surface area (Å²) >= 11 is 11.8. The third-order valence-corrected chi connectivity index (χ3v) is 4.83. The molecule has 6 heteroatoms. The van der Waals surface area contributed by atoms with Crippen molar-refractivity contribution in [2.45, 2.75) is 11.4 Å². The highest BCUT2D eigenvalue weighted by Crippen LogP contribution is 2.40. The van der Waals surface area contributed by atoms with Gasteiger partial charge < -0.3 is 0 Å². The van der Waals surface area contributed by atoms with Crippen LogP contribution < -0.4 is 0 Å². The van der Waals surface area contributed by atoms with E-state index in [1.807, 2.05) is 6.07 Å². The molecule has 0 N–H and O–H groups in total. The summed E-state index contributed by atoms with van der Waals surface area (Å²) in [5.41, 5.74) is 2.27. The van der Waals surface area contributed by atoms with Crippen molar-refractivity contribution in [1.29, 1.82) is 0 Å². The molecule has 0 unspecified atom stereocenters. The number of nitrogens with zero attached hydrogens (tertiary/aromatic N) is 3. The number of rotatable bonds is 2. The zero-order valence-electron chi connectivity index (χ0n) is 9.31. The molecule has 1 aromatic carbocycles. The molecule has 0 bridgehead atoms. The number of halogens is 2. The van der Waals surface area contributed by atoms with Gasteiger partial charge in [0, 0.05) is 20.7 Å². The van der Waals surface area contributed by atoms with Gasteiger partial charge in [0.05, 0.1) is 11.6 Å². The predicted molar refractivity (Wildman–Crippen MR) is 77.7 cm³/mol. The van der Waals surface area contributed by atoms with Crippen LogP contribution in [0.15, 0.2) is 45.8 Å². The minimum absolute atomic E-state index is 0.692. The average Bonchev–Trinajstić information content (AvgIpc) is 2.86. The van der Waals surface area contributed by atoms with Crippen molar-refractivity contribution in [1.82, 2.24) is 14.8 Å². The highest BCUT2D eigenvalue weighted by Gasteiger charge is 2.18. The number of hydrogen-bond acceptors (Lipinski definition) is 3. The summed E-state index contributed by atoms with van der Waals surface area (Å²) in [7, 11) is 0. The Morgan fingerprint density at radius 1 is 1.44 bits per heavy atom. The van der Waals surface area contributed by atoms with E-state index >= 15 is 0 Å². The molecule has 1 aromatic heterocycles. The Labute approximate surface area is 122 Å². The third kappa shape index (κ3) is 2.35. The lowest BCUT2D eigenvalue weighted by molar-refractivity contribution is 0.678. The van der Waals surface area contributed by atoms with Crippen LogP contribution in [0.1, 0.15) is 5.56 Å². The lowest BCUT2D eigenvalue weighted by Crippen LogP contribution is -2.08. The zero-order valence-corrected chi connectivity index (χ0v) is 12.5. The van der Waals surface area contributed by atoms with E-state index in [4.69, 9.17) is 11.6 Å². The summed E-state index contributed by atoms with van der Waals surface area (Å²) < 4.78 is 2.84. The van der Waals surface area contributed by atoms with Gasteiger partial charge in [0.25, 0.3) is 0 Å². The molecule has 0 saturated heterocycles. The van der Waals surface area contributed by atoms with E-state index in [0.717, 1.165) is 20.8 Å². The van der Waals surface area contributed by atoms with Gasteiger partial charge in [-0.2, -0.15) is 5.10 Å². The quantitative estimate of drug-likeness (QED) is 0.832. The topological polar surface area (TPSA) is 30.7 Å². The van der Waals surface area contributed by atoms with E-state index < -0.39 is 0 Å². The second-order valence-electron chi connectivity index (χ2n) is 3.94. The van der Waals surface area contributed by atoms with Crippen molar-refractivity contribution in [3.63, 3.8) is 0 Å². The minimum atomic E-state index is 0.692. The average molecular weight is 343 g/mol. The summed E-state index contributed by atoms with van der Waals surface area (Å²) in [6.07, 6.45) is 3.24. The van der Waals surface area contributed by atoms with Crippen LogP contribution in [0.4, 0.5) is 0 Å². The first-order chi connectivity index (χ1) is 8.74. The molecule has 1 aliphatic heterocycles. The van der Waals surface area contributed by atoms with Crippen molar-refractivity contribution >= 4 is 44.3 Å². The second-order valence-corrected chi connectivity index (χ2v) is 6.25. The molecular formula is C12H9BrClN3S. The van der Waals surface area contributed by atoms with Gasteiger partial charge in [0.15, 0.2) is 0 Å². The Morgan fingerprint density at radius 3 is 3.11 bits per heavy atom. The summed E-state index contributed by atoms with van der Waals surface area (Å²) in [6, 6.07) is 6.20. The Hall–Kier alpha value is -0.780. The molecule has 2 aromatic rings. The Balaban J connectivity index is 1.98. The van der Waals surface area contributed by atoms with Gasteiger partial charge in [0.2, 0.25) is 0 Å². The van der Waals surface area contributed by atoms with Crippen LogP contribution >= 0.6 is 39.3 Å². The lowest BCUT2D eigenvalue weighted by atomic mass is 10.1. The minimum Gasteiger partial charge on any atom is -0.249 e. The van der Waals surface area contributed by atoms with Crippen LogP contribution in [0.25, 0.3) is 5.03 Å². The zero-order chi connectivity index (χ0) is 12.5. The molecule has 92 valence electrons. The summed E-state index contributed by atoms with van der Waals surface area (Å²) in [6.45, 7) is 0.692. The standard InChI is InChI=1S/C12H9BrClN3S/c13-9-1-2-11-10(3-9)12(14)8(5-18-11)4-17-7-15-6-16-17/h1-3,6-7H,4-5H2. The summed E-state index contributed by atoms with van der Waals surface area (Å²) in [4.78, 5) is 5.17. The third-order valence-electron chi connectivity index (χ3n) is 2.71. The van der Waals surface area contributed by atoms with E-state index in [-0.39, 0.29) is 0 Å². The molecule has 0 spiro atoms. The van der Waals surface area contributed by atoms with E-state index in [1.165, 1.54) is 16.8 Å². The fourth-order valence-electron chi connectivity index (χ4n) is 1.84. The lowest BCUT2D eigenvalue weighted by Gasteiger charge is -2.19. The maximum absolute atomic E-state index is 6.49. The highest BCUT2D eigenvalue weighted by molar-refractivity contribution is 9.10. The van der Waals surface area contributed by atoms with Gasteiger partial charge in [-0.15, -0.1) is 11.8 Å². The van der Waals surface area contributed by atoms with Crippen LogP contribution in [0, 0.1) is 0 Å². The normalized spacial score (nSPS) is 14.8. The van der Waals surface area contributed by atoms with E-state index in [2.05, 4.69) is 38.1 Å². The Morgan fingerprint density at radius 2 is 2.33 bits per heavy atom. The molecule has 0 atom stereocenters. The summed E-state index contributed by atoms with van der Waals surface area (Å²) in [5, 5.41) is 4.95. The first kappa shape index (κ1) is 12.3. The molecule has 1 aliphatic rings. The van der Waals surface area contributed by atoms with Crippen LogP contribution in [0.2, 0.25) is 0 Å². The second kappa shape index (κ2) is 5.07. The van der Waals surface area contributed by atoms with Crippen LogP contribution in [-0.2, 0) is 6.54 Å². The first-order valence-electron chi connectivity index (χ1n) is 5.36. The molecule has 3 rings (SSSR count). The number of thioether (sulfide) groups is 1. The molecule has 0 aliphatic carbocycles. The molecule has 2 heterocycles. The predicted octanol–water partition coefficient (Wildman–Crippen LogP) is 3.80. The van der Waals surface area contributed by atoms with Crippen LogP contribution in [0.5, 0.6) is 0 Å². The van der Waals surface area contributed by atoms with Gasteiger partial charge in [0.1, 0.15) is 12.7 Å². The van der Waals surface area contributed by atoms with Gasteiger partial charge in [-0.25, -0.2) is 9.67 Å². The molecule has 0 radical (unpaired) electrons. The molecule has 0 saturated carbocycles. The molecule has 3 nitrogen and oxygen atoms in total. The van der Waals surface area contributed by atoms with Crippen molar-refractivity contribution in [2.24, 2.45) is 0 Å². The number of hydrogen-bond donors (Lipinski definition) is 0.